The van der Waals surface area contributed by atoms with E-state index < -0.39 is 0 Å². The average Bonchev–Trinajstić information content (AvgIpc) is 2.74. The average molecular weight is 279 g/mol. The monoisotopic (exact) mass is 279 g/mol. The van der Waals surface area contributed by atoms with Crippen LogP contribution in [0.1, 0.15) is 46.1 Å². The molecule has 0 amide bonds. The summed E-state index contributed by atoms with van der Waals surface area (Å²) in [6.07, 6.45) is 1.92. The molecule has 1 aromatic rings. The number of nitrogens with one attached hydrogen (secondary N) is 1. The second-order valence-corrected chi connectivity index (χ2v) is 6.65. The van der Waals surface area contributed by atoms with Crippen LogP contribution in [0.4, 0.5) is 0 Å². The molecule has 1 N–H and O–H groups in total. The van der Waals surface area contributed by atoms with E-state index in [2.05, 4.69) is 56.6 Å². The second-order valence-electron chi connectivity index (χ2n) is 6.65. The first-order valence-corrected chi connectivity index (χ1v) is 7.34. The van der Waals surface area contributed by atoms with Crippen molar-refractivity contribution in [3.05, 3.63) is 30.2 Å². The zero-order valence-corrected chi connectivity index (χ0v) is 13.6. The van der Waals surface area contributed by atoms with E-state index in [1.807, 2.05) is 12.1 Å². The van der Waals surface area contributed by atoms with Gasteiger partial charge in [0.15, 0.2) is 5.76 Å². The van der Waals surface area contributed by atoms with Gasteiger partial charge in [-0.3, -0.25) is 4.90 Å². The Bertz CT molecular complexity index is 404. The molecule has 0 saturated carbocycles. The molecule has 0 bridgehead atoms. The summed E-state index contributed by atoms with van der Waals surface area (Å²) in [5.74, 6) is 1.55. The summed E-state index contributed by atoms with van der Waals surface area (Å²) in [6, 6.07) is 2.04. The summed E-state index contributed by atoms with van der Waals surface area (Å²) in [5.41, 5.74) is 1.05. The standard InChI is InChI=1S/C16H29N3O/c1-7-8-19(16(4,5)6)12-15-9-14(18-20-15)11-17-10-13(2)3/h7,9,13,17H,1,8,10-12H2,2-6H3. The first-order valence-electron chi connectivity index (χ1n) is 7.34. The van der Waals surface area contributed by atoms with E-state index in [0.29, 0.717) is 5.92 Å². The summed E-state index contributed by atoms with van der Waals surface area (Å²) in [7, 11) is 0. The fourth-order valence-corrected chi connectivity index (χ4v) is 1.92. The molecule has 0 aliphatic carbocycles. The quantitative estimate of drug-likeness (QED) is 0.742. The van der Waals surface area contributed by atoms with E-state index in [9.17, 15) is 0 Å². The Hall–Kier alpha value is -1.13. The maximum absolute atomic E-state index is 5.43. The molecule has 0 unspecified atom stereocenters. The molecule has 20 heavy (non-hydrogen) atoms. The minimum atomic E-state index is 0.0804. The predicted octanol–water partition coefficient (Wildman–Crippen LogP) is 3.21. The van der Waals surface area contributed by atoms with Crippen LogP contribution in [-0.4, -0.2) is 28.7 Å². The number of hydrogen-bond acceptors (Lipinski definition) is 4. The van der Waals surface area contributed by atoms with Crippen LogP contribution < -0.4 is 5.32 Å². The Balaban J connectivity index is 2.55. The van der Waals surface area contributed by atoms with Crippen molar-refractivity contribution < 1.29 is 4.52 Å². The third-order valence-corrected chi connectivity index (χ3v) is 3.11. The molecule has 4 nitrogen and oxygen atoms in total. The van der Waals surface area contributed by atoms with Crippen LogP contribution in [0.15, 0.2) is 23.2 Å². The van der Waals surface area contributed by atoms with Crippen LogP contribution in [0.2, 0.25) is 0 Å². The van der Waals surface area contributed by atoms with Crippen LogP contribution in [-0.2, 0) is 13.1 Å². The molecular formula is C16H29N3O. The molecular weight excluding hydrogens is 250 g/mol. The second kappa shape index (κ2) is 7.60. The van der Waals surface area contributed by atoms with Gasteiger partial charge in [-0.25, -0.2) is 0 Å². The van der Waals surface area contributed by atoms with Gasteiger partial charge in [0.1, 0.15) is 0 Å². The molecule has 0 aromatic carbocycles. The molecule has 1 rings (SSSR count). The molecule has 0 aliphatic rings. The Kier molecular flexibility index (Phi) is 6.43. The maximum Gasteiger partial charge on any atom is 0.151 e. The van der Waals surface area contributed by atoms with E-state index in [-0.39, 0.29) is 5.54 Å². The van der Waals surface area contributed by atoms with E-state index in [4.69, 9.17) is 4.52 Å². The van der Waals surface area contributed by atoms with E-state index in [1.165, 1.54) is 0 Å². The van der Waals surface area contributed by atoms with E-state index >= 15 is 0 Å². The first-order chi connectivity index (χ1) is 9.32. The van der Waals surface area contributed by atoms with Crippen molar-refractivity contribution in [3.8, 4) is 0 Å². The van der Waals surface area contributed by atoms with Gasteiger partial charge in [0.2, 0.25) is 0 Å². The van der Waals surface area contributed by atoms with Crippen molar-refractivity contribution in [2.75, 3.05) is 13.1 Å². The predicted molar refractivity (Wildman–Crippen MR) is 83.4 cm³/mol. The van der Waals surface area contributed by atoms with Crippen LogP contribution in [0.5, 0.6) is 0 Å². The molecule has 0 spiro atoms. The summed E-state index contributed by atoms with van der Waals surface area (Å²) in [5, 5.41) is 7.49. The lowest BCUT2D eigenvalue weighted by molar-refractivity contribution is 0.130. The largest absolute Gasteiger partial charge is 0.360 e. The fourth-order valence-electron chi connectivity index (χ4n) is 1.92. The Labute approximate surface area is 123 Å². The molecule has 114 valence electrons. The van der Waals surface area contributed by atoms with Gasteiger partial charge < -0.3 is 9.84 Å². The maximum atomic E-state index is 5.43. The highest BCUT2D eigenvalue weighted by Crippen LogP contribution is 2.17. The van der Waals surface area contributed by atoms with Gasteiger partial charge in [-0.1, -0.05) is 25.1 Å². The number of nitrogens with zero attached hydrogens (tertiary/aromatic N) is 2. The van der Waals surface area contributed by atoms with Gasteiger partial charge in [-0.05, 0) is 33.2 Å². The van der Waals surface area contributed by atoms with Crippen LogP contribution in [0.25, 0.3) is 0 Å². The lowest BCUT2D eigenvalue weighted by Crippen LogP contribution is -2.40. The van der Waals surface area contributed by atoms with Gasteiger partial charge in [0.25, 0.3) is 0 Å². The minimum Gasteiger partial charge on any atom is -0.360 e. The van der Waals surface area contributed by atoms with Crippen molar-refractivity contribution in [3.63, 3.8) is 0 Å². The molecule has 0 aliphatic heterocycles. The molecule has 1 heterocycles. The highest BCUT2D eigenvalue weighted by molar-refractivity contribution is 5.06. The van der Waals surface area contributed by atoms with E-state index in [1.54, 1.807) is 0 Å². The van der Waals surface area contributed by atoms with Crippen molar-refractivity contribution in [2.24, 2.45) is 5.92 Å². The smallest absolute Gasteiger partial charge is 0.151 e. The van der Waals surface area contributed by atoms with Crippen molar-refractivity contribution in [1.82, 2.24) is 15.4 Å². The summed E-state index contributed by atoms with van der Waals surface area (Å²) in [6.45, 7) is 18.1. The van der Waals surface area contributed by atoms with Gasteiger partial charge >= 0.3 is 0 Å². The topological polar surface area (TPSA) is 41.3 Å². The van der Waals surface area contributed by atoms with Crippen molar-refractivity contribution in [2.45, 2.75) is 53.2 Å². The SMILES string of the molecule is C=CCN(Cc1cc(CNCC(C)C)no1)C(C)(C)C. The Morgan fingerprint density at radius 1 is 1.45 bits per heavy atom. The normalized spacial score (nSPS) is 12.3. The third-order valence-electron chi connectivity index (χ3n) is 3.11. The number of aromatic nitrogens is 1. The van der Waals surface area contributed by atoms with Gasteiger partial charge in [-0.15, -0.1) is 6.58 Å². The molecule has 4 heteroatoms. The van der Waals surface area contributed by atoms with Crippen molar-refractivity contribution in [1.29, 1.82) is 0 Å². The zero-order valence-electron chi connectivity index (χ0n) is 13.6. The van der Waals surface area contributed by atoms with Gasteiger partial charge in [-0.2, -0.15) is 0 Å². The summed E-state index contributed by atoms with van der Waals surface area (Å²) in [4.78, 5) is 2.31. The highest BCUT2D eigenvalue weighted by atomic mass is 16.5. The van der Waals surface area contributed by atoms with Crippen LogP contribution >= 0.6 is 0 Å². The third kappa shape index (κ3) is 5.88. The molecule has 0 fully saturated rings. The van der Waals surface area contributed by atoms with Gasteiger partial charge in [0.05, 0.1) is 12.2 Å². The molecule has 0 atom stereocenters. The van der Waals surface area contributed by atoms with Crippen LogP contribution in [0.3, 0.4) is 0 Å². The van der Waals surface area contributed by atoms with Crippen molar-refractivity contribution >= 4 is 0 Å². The first kappa shape index (κ1) is 16.9. The molecule has 1 aromatic heterocycles. The minimum absolute atomic E-state index is 0.0804. The molecule has 0 saturated heterocycles. The Morgan fingerprint density at radius 3 is 2.70 bits per heavy atom. The lowest BCUT2D eigenvalue weighted by atomic mass is 10.1. The summed E-state index contributed by atoms with van der Waals surface area (Å²) < 4.78 is 5.43. The van der Waals surface area contributed by atoms with Gasteiger partial charge in [0, 0.05) is 24.7 Å². The molecule has 0 radical (unpaired) electrons. The summed E-state index contributed by atoms with van der Waals surface area (Å²) >= 11 is 0. The fraction of sp³-hybridized carbons (Fsp3) is 0.688. The number of hydrogen-bond donors (Lipinski definition) is 1. The Morgan fingerprint density at radius 2 is 2.15 bits per heavy atom. The highest BCUT2D eigenvalue weighted by Gasteiger charge is 2.21. The number of rotatable bonds is 8. The zero-order chi connectivity index (χ0) is 15.2. The lowest BCUT2D eigenvalue weighted by Gasteiger charge is -2.33. The van der Waals surface area contributed by atoms with E-state index in [0.717, 1.165) is 37.6 Å². The van der Waals surface area contributed by atoms with Crippen LogP contribution in [0, 0.1) is 5.92 Å².